The Morgan fingerprint density at radius 3 is 2.42 bits per heavy atom. The highest BCUT2D eigenvalue weighted by Crippen LogP contribution is 2.66. The van der Waals surface area contributed by atoms with Crippen LogP contribution in [-0.4, -0.2) is 20.3 Å². The lowest BCUT2D eigenvalue weighted by molar-refractivity contribution is -0.127. The minimum Gasteiger partial charge on any atom is -0.300 e. The zero-order chi connectivity index (χ0) is 23.6. The van der Waals surface area contributed by atoms with Gasteiger partial charge < -0.3 is 0 Å². The lowest BCUT2D eigenvalue weighted by Crippen LogP contribution is -2.51. The van der Waals surface area contributed by atoms with Crippen molar-refractivity contribution in [3.63, 3.8) is 0 Å². The maximum Gasteiger partial charge on any atom is 0.297 e. The van der Waals surface area contributed by atoms with Crippen LogP contribution in [0.5, 0.6) is 0 Å². The van der Waals surface area contributed by atoms with E-state index in [2.05, 4.69) is 19.9 Å². The van der Waals surface area contributed by atoms with Gasteiger partial charge in [-0.15, -0.1) is 0 Å². The molecule has 0 saturated heterocycles. The Bertz CT molecular complexity index is 1070. The molecule has 5 rings (SSSR count). The number of fused-ring (bicyclic) bond motifs is 5. The third-order valence-corrected chi connectivity index (χ3v) is 11.5. The van der Waals surface area contributed by atoms with Gasteiger partial charge in [-0.25, -0.2) is 0 Å². The van der Waals surface area contributed by atoms with Crippen LogP contribution < -0.4 is 0 Å². The first kappa shape index (κ1) is 23.3. The fourth-order valence-electron chi connectivity index (χ4n) is 8.32. The van der Waals surface area contributed by atoms with Crippen LogP contribution in [-0.2, 0) is 19.1 Å². The van der Waals surface area contributed by atoms with Gasteiger partial charge in [0.2, 0.25) is 0 Å². The molecular weight excluding hydrogens is 432 g/mol. The summed E-state index contributed by atoms with van der Waals surface area (Å²) in [5.41, 5.74) is 2.73. The molecule has 7 unspecified atom stereocenters. The van der Waals surface area contributed by atoms with E-state index in [1.54, 1.807) is 19.1 Å². The first-order chi connectivity index (χ1) is 15.5. The molecule has 0 heterocycles. The summed E-state index contributed by atoms with van der Waals surface area (Å²) >= 11 is 0. The summed E-state index contributed by atoms with van der Waals surface area (Å²) in [6.45, 7) is 8.54. The van der Waals surface area contributed by atoms with E-state index in [-0.39, 0.29) is 27.7 Å². The molecule has 1 aromatic rings. The number of rotatable bonds is 4. The second-order valence-electron chi connectivity index (χ2n) is 11.8. The summed E-state index contributed by atoms with van der Waals surface area (Å²) in [6.07, 6.45) is 10.2. The Morgan fingerprint density at radius 2 is 1.73 bits per heavy atom. The Labute approximate surface area is 199 Å². The number of benzene rings is 1. The van der Waals surface area contributed by atoms with Crippen LogP contribution in [0, 0.1) is 41.4 Å². The summed E-state index contributed by atoms with van der Waals surface area (Å²) < 4.78 is 31.5. The number of carbonyl (C=O) groups excluding carboxylic acids is 1. The van der Waals surface area contributed by atoms with Crippen molar-refractivity contribution in [2.75, 3.05) is 0 Å². The van der Waals surface area contributed by atoms with Crippen molar-refractivity contribution in [2.45, 2.75) is 90.1 Å². The van der Waals surface area contributed by atoms with Gasteiger partial charge in [0.15, 0.2) is 0 Å². The number of hydrogen-bond donors (Lipinski definition) is 0. The third kappa shape index (κ3) is 3.74. The van der Waals surface area contributed by atoms with Gasteiger partial charge in [-0.1, -0.05) is 43.2 Å². The first-order valence-corrected chi connectivity index (χ1v) is 14.2. The monoisotopic (exact) mass is 470 g/mol. The Morgan fingerprint density at radius 1 is 1.00 bits per heavy atom. The highest BCUT2D eigenvalue weighted by molar-refractivity contribution is 7.86. The van der Waals surface area contributed by atoms with Crippen molar-refractivity contribution >= 4 is 15.9 Å². The Kier molecular flexibility index (Phi) is 5.68. The predicted octanol–water partition coefficient (Wildman–Crippen LogP) is 6.24. The molecule has 0 aromatic heterocycles. The molecule has 0 amide bonds. The molecule has 4 nitrogen and oxygen atoms in total. The maximum atomic E-state index is 12.9. The van der Waals surface area contributed by atoms with Crippen LogP contribution in [0.25, 0.3) is 0 Å². The molecular formula is C28H38O4S. The number of carbonyl (C=O) groups is 1. The second-order valence-corrected chi connectivity index (χ2v) is 13.3. The molecule has 4 aliphatic carbocycles. The molecule has 7 atom stereocenters. The zero-order valence-corrected chi connectivity index (χ0v) is 21.3. The SMILES string of the molecule is CC(=O)C1CCC2C3CC=C4CC(OS(=O)(=O)c5ccc(C)cc5)CCC4(C)C3CCC12C. The van der Waals surface area contributed by atoms with E-state index in [1.807, 2.05) is 19.1 Å². The fourth-order valence-corrected chi connectivity index (χ4v) is 9.42. The van der Waals surface area contributed by atoms with Gasteiger partial charge >= 0.3 is 0 Å². The normalized spacial score (nSPS) is 40.4. The quantitative estimate of drug-likeness (QED) is 0.386. The topological polar surface area (TPSA) is 60.4 Å². The van der Waals surface area contributed by atoms with Crippen LogP contribution in [0.15, 0.2) is 40.8 Å². The van der Waals surface area contributed by atoms with Crippen molar-refractivity contribution in [3.8, 4) is 0 Å². The highest BCUT2D eigenvalue weighted by atomic mass is 32.2. The second kappa shape index (κ2) is 8.05. The van der Waals surface area contributed by atoms with Crippen molar-refractivity contribution in [2.24, 2.45) is 34.5 Å². The van der Waals surface area contributed by atoms with Gasteiger partial charge in [-0.2, -0.15) is 8.42 Å². The van der Waals surface area contributed by atoms with Gasteiger partial charge in [0.05, 0.1) is 11.0 Å². The van der Waals surface area contributed by atoms with E-state index < -0.39 is 10.1 Å². The van der Waals surface area contributed by atoms with E-state index >= 15 is 0 Å². The van der Waals surface area contributed by atoms with Crippen LogP contribution in [0.4, 0.5) is 0 Å². The molecule has 3 fully saturated rings. The Balaban J connectivity index is 1.34. The average molecular weight is 471 g/mol. The third-order valence-electron chi connectivity index (χ3n) is 10.1. The fraction of sp³-hybridized carbons (Fsp3) is 0.679. The molecule has 0 aliphatic heterocycles. The molecule has 0 bridgehead atoms. The number of ketones is 1. The number of Topliss-reactive ketones (excluding diaryl/α,β-unsaturated/α-hetero) is 1. The summed E-state index contributed by atoms with van der Waals surface area (Å²) in [6, 6.07) is 6.90. The van der Waals surface area contributed by atoms with E-state index in [9.17, 15) is 13.2 Å². The molecule has 33 heavy (non-hydrogen) atoms. The number of hydrogen-bond acceptors (Lipinski definition) is 4. The summed E-state index contributed by atoms with van der Waals surface area (Å²) in [7, 11) is -3.75. The molecule has 1 aromatic carbocycles. The number of allylic oxidation sites excluding steroid dienone is 1. The summed E-state index contributed by atoms with van der Waals surface area (Å²) in [5, 5.41) is 0. The van der Waals surface area contributed by atoms with Crippen molar-refractivity contribution in [1.29, 1.82) is 0 Å². The minimum absolute atomic E-state index is 0.131. The van der Waals surface area contributed by atoms with Gasteiger partial charge in [0.1, 0.15) is 5.78 Å². The van der Waals surface area contributed by atoms with Gasteiger partial charge in [-0.05, 0) is 106 Å². The minimum atomic E-state index is -3.75. The first-order valence-electron chi connectivity index (χ1n) is 12.7. The van der Waals surface area contributed by atoms with Crippen molar-refractivity contribution in [3.05, 3.63) is 41.5 Å². The molecule has 5 heteroatoms. The lowest BCUT2D eigenvalue weighted by Gasteiger charge is -2.58. The van der Waals surface area contributed by atoms with Gasteiger partial charge in [0, 0.05) is 5.92 Å². The van der Waals surface area contributed by atoms with Gasteiger partial charge in [-0.3, -0.25) is 8.98 Å². The lowest BCUT2D eigenvalue weighted by atomic mass is 9.47. The van der Waals surface area contributed by atoms with Crippen molar-refractivity contribution < 1.29 is 17.4 Å². The smallest absolute Gasteiger partial charge is 0.297 e. The molecule has 0 radical (unpaired) electrons. The predicted molar refractivity (Wildman–Crippen MR) is 129 cm³/mol. The molecule has 4 aliphatic rings. The Hall–Kier alpha value is -1.46. The standard InChI is InChI=1S/C28H38O4S/c1-18-5-8-22(9-6-18)33(30,31)32-21-13-15-27(3)20(17-21)7-10-23-25-12-11-24(19(2)29)28(25,4)16-14-26(23)27/h5-9,21,23-26H,10-17H2,1-4H3. The zero-order valence-electron chi connectivity index (χ0n) is 20.5. The number of aryl methyl sites for hydroxylation is 1. The van der Waals surface area contributed by atoms with Crippen molar-refractivity contribution in [1.82, 2.24) is 0 Å². The maximum absolute atomic E-state index is 12.9. The van der Waals surface area contributed by atoms with Crippen LogP contribution in [0.2, 0.25) is 0 Å². The summed E-state index contributed by atoms with van der Waals surface area (Å²) in [5.74, 6) is 2.53. The van der Waals surface area contributed by atoms with Crippen LogP contribution in [0.3, 0.4) is 0 Å². The molecule has 3 saturated carbocycles. The highest BCUT2D eigenvalue weighted by Gasteiger charge is 2.59. The largest absolute Gasteiger partial charge is 0.300 e. The van der Waals surface area contributed by atoms with E-state index in [0.717, 1.165) is 37.7 Å². The van der Waals surface area contributed by atoms with E-state index in [1.165, 1.54) is 18.4 Å². The van der Waals surface area contributed by atoms with Crippen LogP contribution in [0.1, 0.15) is 77.7 Å². The van der Waals surface area contributed by atoms with E-state index in [4.69, 9.17) is 4.18 Å². The molecule has 0 spiro atoms. The average Bonchev–Trinajstić information content (AvgIpc) is 3.11. The summed E-state index contributed by atoms with van der Waals surface area (Å²) in [4.78, 5) is 12.6. The van der Waals surface area contributed by atoms with Gasteiger partial charge in [0.25, 0.3) is 10.1 Å². The van der Waals surface area contributed by atoms with Crippen LogP contribution >= 0.6 is 0 Å². The molecule has 180 valence electrons. The van der Waals surface area contributed by atoms with E-state index in [0.29, 0.717) is 30.0 Å². The molecule has 0 N–H and O–H groups in total.